The molecule has 1 amide bonds. The van der Waals surface area contributed by atoms with E-state index in [9.17, 15) is 9.59 Å². The first-order valence-corrected chi connectivity index (χ1v) is 15.6. The fourth-order valence-corrected chi connectivity index (χ4v) is 6.46. The highest BCUT2D eigenvalue weighted by molar-refractivity contribution is 5.86. The van der Waals surface area contributed by atoms with E-state index in [-0.39, 0.29) is 13.2 Å². The number of carbonyl (C=O) groups is 2. The molecule has 6 rings (SSSR count). The Balaban J connectivity index is 1.11. The molecule has 2 saturated heterocycles. The van der Waals surface area contributed by atoms with Gasteiger partial charge in [-0.2, -0.15) is 0 Å². The Hall–Kier alpha value is -4.41. The number of nitrogens with one attached hydrogen (secondary N) is 2. The number of carbonyl (C=O) groups excluding carboxylic acids is 2. The zero-order valence-corrected chi connectivity index (χ0v) is 25.7. The minimum Gasteiger partial charge on any atom is -0.444 e. The van der Waals surface area contributed by atoms with Gasteiger partial charge in [0.05, 0.1) is 0 Å². The average Bonchev–Trinajstić information content (AvgIpc) is 3.29. The van der Waals surface area contributed by atoms with Crippen LogP contribution in [0.25, 0.3) is 0 Å². The number of pyridine rings is 1. The second-order valence-electron chi connectivity index (χ2n) is 12.1. The number of esters is 1. The number of hydrogen-bond donors (Lipinski definition) is 2. The second kappa shape index (κ2) is 12.7. The topological polar surface area (TPSA) is 122 Å². The molecule has 44 heavy (non-hydrogen) atoms. The lowest BCUT2D eigenvalue weighted by Crippen LogP contribution is -2.50. The molecule has 0 saturated carbocycles. The number of nitrogens with zero attached hydrogens (tertiary/aromatic N) is 5. The summed E-state index contributed by atoms with van der Waals surface area (Å²) in [7, 11) is 0. The zero-order chi connectivity index (χ0) is 30.7. The van der Waals surface area contributed by atoms with Crippen LogP contribution in [0, 0.1) is 0 Å². The van der Waals surface area contributed by atoms with Crippen molar-refractivity contribution >= 4 is 29.5 Å². The predicted octanol–water partition coefficient (Wildman–Crippen LogP) is 4.89. The van der Waals surface area contributed by atoms with E-state index in [0.717, 1.165) is 73.8 Å². The molecule has 3 aromatic rings. The normalized spacial score (nSPS) is 19.6. The smallest absolute Gasteiger partial charge is 0.414 e. The van der Waals surface area contributed by atoms with E-state index in [4.69, 9.17) is 14.5 Å². The van der Waals surface area contributed by atoms with E-state index in [1.807, 2.05) is 30.3 Å². The van der Waals surface area contributed by atoms with Crippen LogP contribution >= 0.6 is 0 Å². The third kappa shape index (κ3) is 6.13. The van der Waals surface area contributed by atoms with E-state index in [1.54, 1.807) is 20.2 Å². The van der Waals surface area contributed by atoms with Gasteiger partial charge in [-0.1, -0.05) is 43.3 Å². The van der Waals surface area contributed by atoms with E-state index in [1.165, 1.54) is 10.5 Å². The Morgan fingerprint density at radius 1 is 1.14 bits per heavy atom. The van der Waals surface area contributed by atoms with Gasteiger partial charge in [-0.25, -0.2) is 24.5 Å². The summed E-state index contributed by atoms with van der Waals surface area (Å²) >= 11 is 0. The lowest BCUT2D eigenvalue weighted by atomic mass is 9.92. The summed E-state index contributed by atoms with van der Waals surface area (Å²) in [6, 6.07) is 13.0. The lowest BCUT2D eigenvalue weighted by molar-refractivity contribution is -0.148. The zero-order valence-electron chi connectivity index (χ0n) is 25.7. The quantitative estimate of drug-likeness (QED) is 0.346. The first-order chi connectivity index (χ1) is 21.3. The average molecular weight is 600 g/mol. The monoisotopic (exact) mass is 599 g/mol. The Labute approximate surface area is 258 Å². The number of fused-ring (bicyclic) bond motifs is 1. The summed E-state index contributed by atoms with van der Waals surface area (Å²) in [5.74, 6) is 2.52. The molecule has 5 heterocycles. The van der Waals surface area contributed by atoms with Gasteiger partial charge < -0.3 is 25.0 Å². The van der Waals surface area contributed by atoms with Gasteiger partial charge in [-0.15, -0.1) is 0 Å². The van der Waals surface area contributed by atoms with Crippen LogP contribution in [-0.2, 0) is 33.7 Å². The van der Waals surface area contributed by atoms with E-state index < -0.39 is 23.8 Å². The van der Waals surface area contributed by atoms with Crippen LogP contribution in [0.2, 0.25) is 0 Å². The van der Waals surface area contributed by atoms with Crippen molar-refractivity contribution in [3.63, 3.8) is 0 Å². The maximum Gasteiger partial charge on any atom is 0.414 e. The van der Waals surface area contributed by atoms with Gasteiger partial charge in [-0.3, -0.25) is 4.90 Å². The number of cyclic esters (lactones) is 1. The molecule has 2 N–H and O–H groups in total. The molecular formula is C33H41N7O4. The van der Waals surface area contributed by atoms with E-state index in [0.29, 0.717) is 18.2 Å². The van der Waals surface area contributed by atoms with Crippen LogP contribution in [-0.4, -0.2) is 69.9 Å². The second-order valence-corrected chi connectivity index (χ2v) is 12.1. The number of aromatic nitrogens is 3. The first-order valence-electron chi connectivity index (χ1n) is 15.6. The van der Waals surface area contributed by atoms with Crippen LogP contribution in [0.5, 0.6) is 0 Å². The van der Waals surface area contributed by atoms with Crippen molar-refractivity contribution in [2.75, 3.05) is 41.7 Å². The van der Waals surface area contributed by atoms with Crippen LogP contribution in [0.1, 0.15) is 68.3 Å². The summed E-state index contributed by atoms with van der Waals surface area (Å²) in [6.07, 6.45) is 5.89. The van der Waals surface area contributed by atoms with Crippen molar-refractivity contribution in [1.82, 2.24) is 19.9 Å². The number of anilines is 3. The minimum atomic E-state index is -1.14. The molecule has 2 fully saturated rings. The van der Waals surface area contributed by atoms with Crippen molar-refractivity contribution < 1.29 is 19.1 Å². The highest BCUT2D eigenvalue weighted by Crippen LogP contribution is 2.34. The standard InChI is InChI=1S/C33H41N7O4/c1-4-25-29(35-19-27-31(41)44-33(2,3)40(27)32(42)43-20-22-9-6-5-7-10-22)36-21-37-30(25)39-17-14-23(15-18-39)26-13-12-24-11-8-16-34-28(24)38-26/h5-7,9-10,12-13,21,23,27H,4,8,11,14-20H2,1-3H3,(H,34,38)(H,35,36,37)/t27-/m1/s1. The third-order valence-corrected chi connectivity index (χ3v) is 8.78. The van der Waals surface area contributed by atoms with Gasteiger partial charge in [0.25, 0.3) is 0 Å². The van der Waals surface area contributed by atoms with Crippen molar-refractivity contribution in [1.29, 1.82) is 0 Å². The minimum absolute atomic E-state index is 0.103. The molecule has 11 nitrogen and oxygen atoms in total. The van der Waals surface area contributed by atoms with E-state index in [2.05, 4.69) is 44.6 Å². The number of aryl methyl sites for hydroxylation is 1. The molecule has 1 atom stereocenters. The maximum atomic E-state index is 13.2. The SMILES string of the molecule is CCc1c(NC[C@@H]2C(=O)OC(C)(C)N2C(=O)OCc2ccccc2)ncnc1N1CCC(c2ccc3c(n2)NCCC3)CC1. The van der Waals surface area contributed by atoms with Crippen LogP contribution in [0.4, 0.5) is 22.2 Å². The Morgan fingerprint density at radius 3 is 2.70 bits per heavy atom. The lowest BCUT2D eigenvalue weighted by Gasteiger charge is -2.34. The number of ether oxygens (including phenoxy) is 2. The molecule has 0 unspecified atom stereocenters. The third-order valence-electron chi connectivity index (χ3n) is 8.78. The molecule has 232 valence electrons. The van der Waals surface area contributed by atoms with Gasteiger partial charge in [0.15, 0.2) is 11.8 Å². The fourth-order valence-electron chi connectivity index (χ4n) is 6.46. The predicted molar refractivity (Wildman–Crippen MR) is 168 cm³/mol. The van der Waals surface area contributed by atoms with Gasteiger partial charge in [0.2, 0.25) is 0 Å². The first kappa shape index (κ1) is 29.7. The summed E-state index contributed by atoms with van der Waals surface area (Å²) in [5.41, 5.74) is 3.17. The Bertz CT molecular complexity index is 1490. The Kier molecular flexibility index (Phi) is 8.54. The fraction of sp³-hybridized carbons (Fsp3) is 0.485. The highest BCUT2D eigenvalue weighted by atomic mass is 16.6. The number of hydrogen-bond acceptors (Lipinski definition) is 10. The van der Waals surface area contributed by atoms with Gasteiger partial charge >= 0.3 is 12.1 Å². The number of rotatable bonds is 8. The molecule has 0 spiro atoms. The molecule has 3 aliphatic rings. The van der Waals surface area contributed by atoms with Gasteiger partial charge in [0, 0.05) is 43.4 Å². The Morgan fingerprint density at radius 2 is 1.93 bits per heavy atom. The van der Waals surface area contributed by atoms with Crippen LogP contribution in [0.15, 0.2) is 48.8 Å². The van der Waals surface area contributed by atoms with Gasteiger partial charge in [0.1, 0.15) is 30.4 Å². The largest absolute Gasteiger partial charge is 0.444 e. The maximum absolute atomic E-state index is 13.2. The molecule has 1 aromatic carbocycles. The van der Waals surface area contributed by atoms with Crippen molar-refractivity contribution in [3.05, 3.63) is 71.2 Å². The highest BCUT2D eigenvalue weighted by Gasteiger charge is 2.51. The van der Waals surface area contributed by atoms with E-state index >= 15 is 0 Å². The molecule has 0 radical (unpaired) electrons. The number of piperidine rings is 1. The van der Waals surface area contributed by atoms with Crippen LogP contribution in [0.3, 0.4) is 0 Å². The molecule has 2 aromatic heterocycles. The van der Waals surface area contributed by atoms with Crippen molar-refractivity contribution in [2.24, 2.45) is 0 Å². The molecule has 3 aliphatic heterocycles. The number of benzene rings is 1. The number of amides is 1. The summed E-state index contributed by atoms with van der Waals surface area (Å²) < 4.78 is 11.2. The summed E-state index contributed by atoms with van der Waals surface area (Å²) in [4.78, 5) is 44.0. The molecule has 0 bridgehead atoms. The van der Waals surface area contributed by atoms with Crippen molar-refractivity contribution in [3.8, 4) is 0 Å². The molecule has 0 aliphatic carbocycles. The van der Waals surface area contributed by atoms with Crippen LogP contribution < -0.4 is 15.5 Å². The molecular weight excluding hydrogens is 558 g/mol. The summed E-state index contributed by atoms with van der Waals surface area (Å²) in [6.45, 7) is 8.41. The molecule has 11 heteroatoms. The van der Waals surface area contributed by atoms with Gasteiger partial charge in [-0.05, 0) is 63.1 Å². The summed E-state index contributed by atoms with van der Waals surface area (Å²) in [5, 5.41) is 6.79. The van der Waals surface area contributed by atoms with Crippen molar-refractivity contribution in [2.45, 2.75) is 77.2 Å².